The first-order valence-electron chi connectivity index (χ1n) is 9.63. The van der Waals surface area contributed by atoms with E-state index in [-0.39, 0.29) is 0 Å². The molecule has 0 saturated carbocycles. The van der Waals surface area contributed by atoms with Gasteiger partial charge in [-0.2, -0.15) is 0 Å². The minimum Gasteiger partial charge on any atom is -0.355 e. The van der Waals surface area contributed by atoms with Gasteiger partial charge in [-0.3, -0.25) is 0 Å². The van der Waals surface area contributed by atoms with Crippen LogP contribution in [0, 0.1) is 24.3 Å². The Morgan fingerprint density at radius 2 is 0.966 bits per heavy atom. The Morgan fingerprint density at radius 3 is 1.48 bits per heavy atom. The van der Waals surface area contributed by atoms with Gasteiger partial charge in [-0.25, -0.2) is 0 Å². The average Bonchev–Trinajstić information content (AvgIpc) is 3.14. The third kappa shape index (κ3) is 2.53. The number of hydrogen-bond donors (Lipinski definition) is 1. The zero-order valence-electron chi connectivity index (χ0n) is 15.6. The predicted molar refractivity (Wildman–Crippen MR) is 121 cm³/mol. The molecule has 5 aromatic carbocycles. The van der Waals surface area contributed by atoms with Crippen LogP contribution in [0.3, 0.4) is 0 Å². The van der Waals surface area contributed by atoms with Crippen LogP contribution in [0.25, 0.3) is 54.1 Å². The van der Waals surface area contributed by atoms with Crippen LogP contribution in [0.4, 0.5) is 0 Å². The van der Waals surface area contributed by atoms with E-state index in [1.54, 1.807) is 0 Å². The fourth-order valence-corrected chi connectivity index (χ4v) is 4.12. The second-order valence-electron chi connectivity index (χ2n) is 7.24. The molecule has 0 spiro atoms. The van der Waals surface area contributed by atoms with Crippen LogP contribution >= 0.6 is 0 Å². The van der Waals surface area contributed by atoms with E-state index in [2.05, 4.69) is 102 Å². The largest absolute Gasteiger partial charge is 0.355 e. The number of fused-ring (bicyclic) bond motifs is 6. The van der Waals surface area contributed by atoms with E-state index < -0.39 is 0 Å². The molecule has 0 amide bonds. The Morgan fingerprint density at radius 1 is 0.483 bits per heavy atom. The highest BCUT2D eigenvalue weighted by Crippen LogP contribution is 2.30. The summed E-state index contributed by atoms with van der Waals surface area (Å²) in [6.45, 7) is 0. The Bertz CT molecular complexity index is 1480. The lowest BCUT2D eigenvalue weighted by Crippen LogP contribution is -1.73. The van der Waals surface area contributed by atoms with Gasteiger partial charge in [0.1, 0.15) is 0 Å². The quantitative estimate of drug-likeness (QED) is 0.295. The summed E-state index contributed by atoms with van der Waals surface area (Å²) in [6, 6.07) is 42.3. The van der Waals surface area contributed by atoms with Crippen LogP contribution < -0.4 is 0 Å². The Hall–Kier alpha value is -4.20. The van der Waals surface area contributed by atoms with Crippen LogP contribution in [0.15, 0.2) is 84.9 Å². The molecule has 0 saturated heterocycles. The zero-order chi connectivity index (χ0) is 19.2. The molecule has 1 N–H and O–H groups in total. The van der Waals surface area contributed by atoms with Gasteiger partial charge in [0.15, 0.2) is 0 Å². The SMILES string of the molecule is c1c#cc2ccccc2c2ccc3[nH]c4ccc(cc4c3c2)c2ccccc2c#1. The number of hydrogen-bond acceptors (Lipinski definition) is 0. The fourth-order valence-electron chi connectivity index (χ4n) is 4.12. The molecule has 29 heavy (non-hydrogen) atoms. The van der Waals surface area contributed by atoms with E-state index in [1.807, 2.05) is 12.1 Å². The van der Waals surface area contributed by atoms with Crippen molar-refractivity contribution in [2.45, 2.75) is 0 Å². The predicted octanol–water partition coefficient (Wildman–Crippen LogP) is 7.11. The van der Waals surface area contributed by atoms with Crippen molar-refractivity contribution in [1.29, 1.82) is 0 Å². The number of aromatic nitrogens is 1. The van der Waals surface area contributed by atoms with Crippen LogP contribution in [-0.2, 0) is 0 Å². The van der Waals surface area contributed by atoms with Crippen LogP contribution in [-0.4, -0.2) is 4.98 Å². The molecule has 132 valence electrons. The van der Waals surface area contributed by atoms with Crippen molar-refractivity contribution in [3.05, 3.63) is 109 Å². The molecule has 1 heterocycles. The van der Waals surface area contributed by atoms with E-state index in [4.69, 9.17) is 0 Å². The number of rotatable bonds is 0. The van der Waals surface area contributed by atoms with Gasteiger partial charge in [0, 0.05) is 32.6 Å². The van der Waals surface area contributed by atoms with Crippen molar-refractivity contribution in [3.63, 3.8) is 0 Å². The molecule has 0 aliphatic rings. The van der Waals surface area contributed by atoms with Gasteiger partial charge in [-0.1, -0.05) is 60.7 Å². The molecular weight excluding hydrogens is 350 g/mol. The molecule has 0 aliphatic heterocycles. The molecule has 6 rings (SSSR count). The van der Waals surface area contributed by atoms with Crippen LogP contribution in [0.2, 0.25) is 0 Å². The van der Waals surface area contributed by atoms with E-state index in [0.717, 1.165) is 32.6 Å². The van der Waals surface area contributed by atoms with Crippen molar-refractivity contribution in [1.82, 2.24) is 4.98 Å². The Balaban J connectivity index is 1.90. The normalized spacial score (nSPS) is 10.9. The van der Waals surface area contributed by atoms with Gasteiger partial charge in [-0.15, -0.1) is 0 Å². The summed E-state index contributed by atoms with van der Waals surface area (Å²) in [7, 11) is 0. The monoisotopic (exact) mass is 365 g/mol. The lowest BCUT2D eigenvalue weighted by atomic mass is 10.0. The number of nitrogens with one attached hydrogen (secondary N) is 1. The summed E-state index contributed by atoms with van der Waals surface area (Å²) in [5.74, 6) is 0. The van der Waals surface area contributed by atoms with E-state index in [0.29, 0.717) is 0 Å². The molecule has 6 aromatic rings. The molecule has 1 aromatic heterocycles. The fraction of sp³-hybridized carbons (Fsp3) is 0. The maximum atomic E-state index is 3.55. The zero-order valence-corrected chi connectivity index (χ0v) is 15.6. The smallest absolute Gasteiger partial charge is 0.0465 e. The highest BCUT2D eigenvalue weighted by molar-refractivity contribution is 6.13. The summed E-state index contributed by atoms with van der Waals surface area (Å²) in [4.78, 5) is 3.55. The van der Waals surface area contributed by atoms with Gasteiger partial charge in [0.25, 0.3) is 0 Å². The van der Waals surface area contributed by atoms with E-state index >= 15 is 0 Å². The van der Waals surface area contributed by atoms with Crippen molar-refractivity contribution in [3.8, 4) is 0 Å². The highest BCUT2D eigenvalue weighted by Gasteiger charge is 2.06. The standard InChI is InChI=1S/C28H15N/c1-2-8-20-10-4-6-12-24(20)22-14-16-28-26(18-22)25-17-21(13-15-27(25)29-28)23-11-5-3-9-19(23)7-1/h3-6,9-18,29H. The third-order valence-electron chi connectivity index (χ3n) is 5.53. The highest BCUT2D eigenvalue weighted by atomic mass is 14.7. The molecule has 0 unspecified atom stereocenters. The van der Waals surface area contributed by atoms with Gasteiger partial charge in [0.05, 0.1) is 0 Å². The van der Waals surface area contributed by atoms with Crippen molar-refractivity contribution < 1.29 is 0 Å². The summed E-state index contributed by atoms with van der Waals surface area (Å²) >= 11 is 0. The average molecular weight is 365 g/mol. The van der Waals surface area contributed by atoms with Crippen LogP contribution in [0.1, 0.15) is 0 Å². The molecule has 0 fully saturated rings. The molecule has 1 heteroatoms. The maximum absolute atomic E-state index is 3.55. The van der Waals surface area contributed by atoms with Crippen molar-refractivity contribution in [2.24, 2.45) is 0 Å². The minimum atomic E-state index is 0.993. The Kier molecular flexibility index (Phi) is 3.36. The first-order chi connectivity index (χ1) is 14.4. The first kappa shape index (κ1) is 15.8. The second kappa shape index (κ2) is 6.16. The molecule has 1 nitrogen and oxygen atoms in total. The molecule has 4 bridgehead atoms. The lowest BCUT2D eigenvalue weighted by Gasteiger charge is -1.99. The maximum Gasteiger partial charge on any atom is 0.0465 e. The molecular formula is C28H15N. The number of aromatic amines is 1. The minimum absolute atomic E-state index is 0.993. The first-order valence-corrected chi connectivity index (χ1v) is 9.63. The van der Waals surface area contributed by atoms with Crippen molar-refractivity contribution >= 4 is 54.1 Å². The Labute approximate surface area is 168 Å². The lowest BCUT2D eigenvalue weighted by molar-refractivity contribution is 1.55. The topological polar surface area (TPSA) is 15.8 Å². The van der Waals surface area contributed by atoms with Gasteiger partial charge >= 0.3 is 0 Å². The van der Waals surface area contributed by atoms with E-state index in [1.165, 1.54) is 21.5 Å². The second-order valence-corrected chi connectivity index (χ2v) is 7.24. The van der Waals surface area contributed by atoms with Gasteiger partial charge in [0.2, 0.25) is 0 Å². The summed E-state index contributed by atoms with van der Waals surface area (Å²) in [5, 5.41) is 9.03. The van der Waals surface area contributed by atoms with Crippen LogP contribution in [0.5, 0.6) is 0 Å². The summed E-state index contributed by atoms with van der Waals surface area (Å²) < 4.78 is 0. The van der Waals surface area contributed by atoms with Crippen molar-refractivity contribution in [2.75, 3.05) is 0 Å². The van der Waals surface area contributed by atoms with Gasteiger partial charge in [-0.05, 0) is 70.1 Å². The number of benzene rings is 4. The van der Waals surface area contributed by atoms with Gasteiger partial charge < -0.3 is 4.98 Å². The van der Waals surface area contributed by atoms with E-state index in [9.17, 15) is 0 Å². The number of H-pyrrole nitrogens is 1. The summed E-state index contributed by atoms with van der Waals surface area (Å²) in [5.41, 5.74) is 2.29. The molecule has 0 radical (unpaired) electrons. The summed E-state index contributed by atoms with van der Waals surface area (Å²) in [6.07, 6.45) is 0. The third-order valence-corrected chi connectivity index (χ3v) is 5.53. The molecule has 0 aliphatic carbocycles. The molecule has 0 atom stereocenters.